The zero-order chi connectivity index (χ0) is 12.3. The van der Waals surface area contributed by atoms with E-state index in [1.807, 2.05) is 0 Å². The van der Waals surface area contributed by atoms with Crippen LogP contribution in [0.3, 0.4) is 0 Å². The van der Waals surface area contributed by atoms with E-state index >= 15 is 0 Å². The lowest BCUT2D eigenvalue weighted by Gasteiger charge is -2.22. The van der Waals surface area contributed by atoms with Crippen LogP contribution in [0.2, 0.25) is 0 Å². The van der Waals surface area contributed by atoms with E-state index in [0.29, 0.717) is 12.1 Å². The minimum atomic E-state index is -0.189. The minimum Gasteiger partial charge on any atom is -0.733 e. The summed E-state index contributed by atoms with van der Waals surface area (Å²) >= 11 is 0. The van der Waals surface area contributed by atoms with E-state index in [0.717, 1.165) is 18.5 Å². The fraction of sp³-hybridized carbons (Fsp3) is 0.250. The molecule has 5 heteroatoms. The number of nitrogens with zero attached hydrogens (tertiary/aromatic N) is 1. The SMILES string of the molecule is O=C1C=C(Nc2cccc(N([O-])O)c2)CCC1. The van der Waals surface area contributed by atoms with Crippen LogP contribution in [0, 0.1) is 5.21 Å². The van der Waals surface area contributed by atoms with Crippen LogP contribution in [0.1, 0.15) is 19.3 Å². The Hall–Kier alpha value is -1.85. The van der Waals surface area contributed by atoms with Crippen molar-refractivity contribution in [2.45, 2.75) is 19.3 Å². The molecule has 0 aliphatic heterocycles. The molecule has 90 valence electrons. The number of hydrogen-bond donors (Lipinski definition) is 2. The molecule has 0 saturated heterocycles. The predicted molar refractivity (Wildman–Crippen MR) is 64.6 cm³/mol. The normalized spacial score (nSPS) is 15.4. The van der Waals surface area contributed by atoms with E-state index in [1.165, 1.54) is 12.1 Å². The van der Waals surface area contributed by atoms with Crippen molar-refractivity contribution in [3.63, 3.8) is 0 Å². The Labute approximate surface area is 98.9 Å². The average Bonchev–Trinajstić information content (AvgIpc) is 2.29. The standard InChI is InChI=1S/C12H13N2O3/c15-12-6-2-4-10(8-12)13-9-3-1-5-11(7-9)14(16)17/h1,3,5,7-8,13,16H,2,4,6H2/q-1. The van der Waals surface area contributed by atoms with E-state index < -0.39 is 0 Å². The molecule has 1 aliphatic rings. The maximum atomic E-state index is 11.2. The number of anilines is 2. The molecule has 0 radical (unpaired) electrons. The van der Waals surface area contributed by atoms with Gasteiger partial charge in [-0.3, -0.25) is 10.0 Å². The number of nitrogens with one attached hydrogen (secondary N) is 1. The van der Waals surface area contributed by atoms with Crippen LogP contribution in [0.25, 0.3) is 0 Å². The number of allylic oxidation sites excluding steroid dienone is 2. The van der Waals surface area contributed by atoms with Crippen molar-refractivity contribution in [2.24, 2.45) is 0 Å². The molecule has 1 aromatic rings. The fourth-order valence-corrected chi connectivity index (χ4v) is 1.78. The summed E-state index contributed by atoms with van der Waals surface area (Å²) in [7, 11) is 0. The van der Waals surface area contributed by atoms with Crippen molar-refractivity contribution in [3.8, 4) is 0 Å². The molecule has 0 spiro atoms. The first-order chi connectivity index (χ1) is 8.15. The van der Waals surface area contributed by atoms with Gasteiger partial charge in [-0.15, -0.1) is 0 Å². The van der Waals surface area contributed by atoms with Crippen LogP contribution in [-0.2, 0) is 4.79 Å². The number of hydrogen-bond acceptors (Lipinski definition) is 5. The van der Waals surface area contributed by atoms with Crippen molar-refractivity contribution in [1.82, 2.24) is 0 Å². The summed E-state index contributed by atoms with van der Waals surface area (Å²) in [6, 6.07) is 6.45. The Morgan fingerprint density at radius 1 is 1.35 bits per heavy atom. The van der Waals surface area contributed by atoms with Gasteiger partial charge in [0.15, 0.2) is 5.78 Å². The quantitative estimate of drug-likeness (QED) is 0.784. The molecule has 0 bridgehead atoms. The Bertz CT molecular complexity index is 455. The predicted octanol–water partition coefficient (Wildman–Crippen LogP) is 2.43. The van der Waals surface area contributed by atoms with E-state index in [-0.39, 0.29) is 16.7 Å². The third-order valence-corrected chi connectivity index (χ3v) is 2.58. The first-order valence-corrected chi connectivity index (χ1v) is 5.42. The second-order valence-electron chi connectivity index (χ2n) is 3.94. The molecule has 5 nitrogen and oxygen atoms in total. The van der Waals surface area contributed by atoms with E-state index in [4.69, 9.17) is 5.21 Å². The summed E-state index contributed by atoms with van der Waals surface area (Å²) in [4.78, 5) is 11.2. The van der Waals surface area contributed by atoms with Gasteiger partial charge in [-0.1, -0.05) is 6.07 Å². The average molecular weight is 233 g/mol. The molecule has 0 unspecified atom stereocenters. The van der Waals surface area contributed by atoms with Crippen LogP contribution in [0.15, 0.2) is 36.0 Å². The second-order valence-corrected chi connectivity index (χ2v) is 3.94. The molecule has 2 rings (SSSR count). The summed E-state index contributed by atoms with van der Waals surface area (Å²) in [6.07, 6.45) is 3.83. The summed E-state index contributed by atoms with van der Waals surface area (Å²) in [5.74, 6) is 0.113. The molecule has 1 aliphatic carbocycles. The first kappa shape index (κ1) is 11.6. The van der Waals surface area contributed by atoms with Gasteiger partial charge >= 0.3 is 0 Å². The summed E-state index contributed by atoms with van der Waals surface area (Å²) in [6.45, 7) is 0. The van der Waals surface area contributed by atoms with Gasteiger partial charge in [-0.05, 0) is 31.0 Å². The lowest BCUT2D eigenvalue weighted by molar-refractivity contribution is -0.115. The van der Waals surface area contributed by atoms with Crippen LogP contribution in [0.4, 0.5) is 11.4 Å². The number of carbonyl (C=O) groups excluding carboxylic acids is 1. The maximum absolute atomic E-state index is 11.2. The zero-order valence-electron chi connectivity index (χ0n) is 9.22. The van der Waals surface area contributed by atoms with Gasteiger partial charge in [0.05, 0.1) is 5.69 Å². The highest BCUT2D eigenvalue weighted by atomic mass is 16.8. The minimum absolute atomic E-state index is 0.113. The Morgan fingerprint density at radius 3 is 2.88 bits per heavy atom. The van der Waals surface area contributed by atoms with Crippen molar-refractivity contribution in [1.29, 1.82) is 0 Å². The third-order valence-electron chi connectivity index (χ3n) is 2.58. The van der Waals surface area contributed by atoms with E-state index in [2.05, 4.69) is 5.32 Å². The van der Waals surface area contributed by atoms with E-state index in [9.17, 15) is 10.0 Å². The summed E-state index contributed by atoms with van der Waals surface area (Å²) < 4.78 is 0. The lowest BCUT2D eigenvalue weighted by Crippen LogP contribution is -2.10. The Kier molecular flexibility index (Phi) is 3.41. The molecule has 0 heterocycles. The summed E-state index contributed by atoms with van der Waals surface area (Å²) in [5, 5.41) is 22.4. The molecule has 2 N–H and O–H groups in total. The van der Waals surface area contributed by atoms with Crippen LogP contribution in [-0.4, -0.2) is 11.0 Å². The highest BCUT2D eigenvalue weighted by molar-refractivity contribution is 5.91. The molecule has 0 fully saturated rings. The Balaban J connectivity index is 2.13. The fourth-order valence-electron chi connectivity index (χ4n) is 1.78. The molecule has 1 aromatic carbocycles. The smallest absolute Gasteiger partial charge is 0.157 e. The molecule has 17 heavy (non-hydrogen) atoms. The number of benzene rings is 1. The molecule has 0 saturated carbocycles. The lowest BCUT2D eigenvalue weighted by atomic mass is 10.0. The number of rotatable bonds is 3. The van der Waals surface area contributed by atoms with Crippen LogP contribution in [0.5, 0.6) is 0 Å². The summed E-state index contributed by atoms with van der Waals surface area (Å²) in [5.41, 5.74) is 1.67. The van der Waals surface area contributed by atoms with Gasteiger partial charge in [-0.25, -0.2) is 0 Å². The highest BCUT2D eigenvalue weighted by Gasteiger charge is 2.09. The first-order valence-electron chi connectivity index (χ1n) is 5.42. The van der Waals surface area contributed by atoms with Crippen molar-refractivity contribution in [2.75, 3.05) is 10.5 Å². The highest BCUT2D eigenvalue weighted by Crippen LogP contribution is 2.22. The van der Waals surface area contributed by atoms with Gasteiger partial charge in [0.1, 0.15) is 0 Å². The van der Waals surface area contributed by atoms with Crippen molar-refractivity contribution < 1.29 is 10.0 Å². The molecular weight excluding hydrogens is 220 g/mol. The number of carbonyl (C=O) groups is 1. The van der Waals surface area contributed by atoms with Gasteiger partial charge in [0.2, 0.25) is 0 Å². The molecule has 0 aromatic heterocycles. The van der Waals surface area contributed by atoms with Gasteiger partial charge < -0.3 is 15.8 Å². The number of ketones is 1. The molecular formula is C12H13N2O3-. The topological polar surface area (TPSA) is 75.6 Å². The van der Waals surface area contributed by atoms with Crippen molar-refractivity contribution in [3.05, 3.63) is 41.2 Å². The van der Waals surface area contributed by atoms with Crippen LogP contribution >= 0.6 is 0 Å². The van der Waals surface area contributed by atoms with Crippen LogP contribution < -0.4 is 10.5 Å². The Morgan fingerprint density at radius 2 is 2.18 bits per heavy atom. The monoisotopic (exact) mass is 233 g/mol. The van der Waals surface area contributed by atoms with E-state index in [1.54, 1.807) is 18.2 Å². The zero-order valence-corrected chi connectivity index (χ0v) is 9.22. The molecule has 0 atom stereocenters. The third kappa shape index (κ3) is 3.05. The second kappa shape index (κ2) is 4.99. The largest absolute Gasteiger partial charge is 0.733 e. The van der Waals surface area contributed by atoms with Gasteiger partial charge in [0.25, 0.3) is 0 Å². The molecule has 0 amide bonds. The maximum Gasteiger partial charge on any atom is 0.157 e. The van der Waals surface area contributed by atoms with Gasteiger partial charge in [0, 0.05) is 23.9 Å². The van der Waals surface area contributed by atoms with Gasteiger partial charge in [-0.2, -0.15) is 0 Å². The van der Waals surface area contributed by atoms with Crippen molar-refractivity contribution >= 4 is 17.2 Å².